The quantitative estimate of drug-likeness (QED) is 0.229. The summed E-state index contributed by atoms with van der Waals surface area (Å²) in [4.78, 5) is 2.30. The van der Waals surface area contributed by atoms with Gasteiger partial charge in [-0.25, -0.2) is 0 Å². The molecule has 0 N–H and O–H groups in total. The lowest BCUT2D eigenvalue weighted by atomic mass is 9.92. The van der Waals surface area contributed by atoms with Crippen molar-refractivity contribution in [3.05, 3.63) is 164 Å². The number of benzene rings is 7. The fourth-order valence-electron chi connectivity index (χ4n) is 5.56. The van der Waals surface area contributed by atoms with Crippen molar-refractivity contribution < 1.29 is 0 Å². The van der Waals surface area contributed by atoms with Gasteiger partial charge < -0.3 is 4.90 Å². The highest BCUT2D eigenvalue weighted by molar-refractivity contribution is 6.05. The van der Waals surface area contributed by atoms with E-state index in [1.807, 2.05) is 0 Å². The van der Waals surface area contributed by atoms with Crippen molar-refractivity contribution in [3.63, 3.8) is 0 Å². The third-order valence-corrected chi connectivity index (χ3v) is 7.45. The Balaban J connectivity index is 1.30. The highest BCUT2D eigenvalue weighted by Crippen LogP contribution is 2.38. The predicted molar refractivity (Wildman–Crippen MR) is 167 cm³/mol. The minimum Gasteiger partial charge on any atom is -0.311 e. The Kier molecular flexibility index (Phi) is 5.88. The molecule has 0 aliphatic carbocycles. The number of fused-ring (bicyclic) bond motifs is 2. The first-order valence-corrected chi connectivity index (χ1v) is 13.4. The average molecular weight is 498 g/mol. The molecular weight excluding hydrogens is 470 g/mol. The van der Waals surface area contributed by atoms with Crippen molar-refractivity contribution in [1.29, 1.82) is 0 Å². The lowest BCUT2D eigenvalue weighted by Gasteiger charge is -2.25. The van der Waals surface area contributed by atoms with Gasteiger partial charge in [-0.05, 0) is 86.3 Å². The third-order valence-electron chi connectivity index (χ3n) is 7.45. The normalized spacial score (nSPS) is 11.1. The van der Waals surface area contributed by atoms with Crippen LogP contribution in [0.1, 0.15) is 0 Å². The minimum absolute atomic E-state index is 1.13. The molecule has 0 unspecified atom stereocenters. The first-order valence-electron chi connectivity index (χ1n) is 13.4. The number of nitrogens with zero attached hydrogens (tertiary/aromatic N) is 1. The van der Waals surface area contributed by atoms with Gasteiger partial charge in [-0.3, -0.25) is 0 Å². The molecule has 0 heterocycles. The Morgan fingerprint density at radius 2 is 0.795 bits per heavy atom. The Hall–Kier alpha value is -5.14. The first kappa shape index (κ1) is 23.0. The van der Waals surface area contributed by atoms with Crippen LogP contribution in [0.25, 0.3) is 43.8 Å². The standard InChI is InChI=1S/C38H27N/c1-3-13-32(14-4-1)39(33-15-5-2-6-16-33)34-25-23-29(24-26-34)35-17-9-20-38-36(18-10-19-37(35)38)31-22-21-28-11-7-8-12-30(28)27-31/h1-27H. The lowest BCUT2D eigenvalue weighted by Crippen LogP contribution is -2.09. The third kappa shape index (κ3) is 4.35. The van der Waals surface area contributed by atoms with Crippen LogP contribution < -0.4 is 4.90 Å². The molecule has 0 amide bonds. The molecule has 7 aromatic rings. The highest BCUT2D eigenvalue weighted by atomic mass is 15.1. The monoisotopic (exact) mass is 497 g/mol. The van der Waals surface area contributed by atoms with Gasteiger partial charge in [0.1, 0.15) is 0 Å². The van der Waals surface area contributed by atoms with Crippen LogP contribution in [0.4, 0.5) is 17.1 Å². The summed E-state index contributed by atoms with van der Waals surface area (Å²) in [5, 5.41) is 5.06. The van der Waals surface area contributed by atoms with Crippen molar-refractivity contribution in [2.24, 2.45) is 0 Å². The van der Waals surface area contributed by atoms with E-state index in [1.54, 1.807) is 0 Å². The van der Waals surface area contributed by atoms with Crippen LogP contribution in [-0.4, -0.2) is 0 Å². The Morgan fingerprint density at radius 1 is 0.308 bits per heavy atom. The molecule has 0 saturated heterocycles. The Labute approximate surface area is 229 Å². The van der Waals surface area contributed by atoms with Crippen LogP contribution in [-0.2, 0) is 0 Å². The summed E-state index contributed by atoms with van der Waals surface area (Å²) in [6.45, 7) is 0. The van der Waals surface area contributed by atoms with E-state index in [0.29, 0.717) is 0 Å². The number of rotatable bonds is 5. The number of hydrogen-bond acceptors (Lipinski definition) is 1. The van der Waals surface area contributed by atoms with Crippen molar-refractivity contribution >= 4 is 38.6 Å². The summed E-state index contributed by atoms with van der Waals surface area (Å²) < 4.78 is 0. The maximum absolute atomic E-state index is 2.30. The molecule has 1 heteroatoms. The zero-order valence-corrected chi connectivity index (χ0v) is 21.5. The average Bonchev–Trinajstić information content (AvgIpc) is 3.02. The molecule has 1 nitrogen and oxygen atoms in total. The van der Waals surface area contributed by atoms with Crippen molar-refractivity contribution in [3.8, 4) is 22.3 Å². The maximum atomic E-state index is 2.30. The fraction of sp³-hybridized carbons (Fsp3) is 0. The van der Waals surface area contributed by atoms with Gasteiger partial charge >= 0.3 is 0 Å². The van der Waals surface area contributed by atoms with E-state index in [-0.39, 0.29) is 0 Å². The second kappa shape index (κ2) is 9.96. The zero-order valence-electron chi connectivity index (χ0n) is 21.5. The first-order chi connectivity index (χ1) is 19.3. The molecule has 0 radical (unpaired) electrons. The summed E-state index contributed by atoms with van der Waals surface area (Å²) in [7, 11) is 0. The van der Waals surface area contributed by atoms with E-state index in [1.165, 1.54) is 43.8 Å². The topological polar surface area (TPSA) is 3.24 Å². The summed E-state index contributed by atoms with van der Waals surface area (Å²) in [6, 6.07) is 58.6. The minimum atomic E-state index is 1.13. The molecule has 184 valence electrons. The van der Waals surface area contributed by atoms with E-state index in [4.69, 9.17) is 0 Å². The summed E-state index contributed by atoms with van der Waals surface area (Å²) in [5.41, 5.74) is 8.37. The largest absolute Gasteiger partial charge is 0.311 e. The number of hydrogen-bond donors (Lipinski definition) is 0. The Bertz CT molecular complexity index is 1850. The summed E-state index contributed by atoms with van der Waals surface area (Å²) in [5.74, 6) is 0. The summed E-state index contributed by atoms with van der Waals surface area (Å²) >= 11 is 0. The highest BCUT2D eigenvalue weighted by Gasteiger charge is 2.13. The maximum Gasteiger partial charge on any atom is 0.0462 e. The van der Waals surface area contributed by atoms with Gasteiger partial charge in [0.2, 0.25) is 0 Å². The van der Waals surface area contributed by atoms with Gasteiger partial charge in [0.25, 0.3) is 0 Å². The fourth-order valence-corrected chi connectivity index (χ4v) is 5.56. The second-order valence-electron chi connectivity index (χ2n) is 9.82. The molecule has 0 aromatic heterocycles. The van der Waals surface area contributed by atoms with Crippen molar-refractivity contribution in [2.45, 2.75) is 0 Å². The molecule has 0 bridgehead atoms. The molecule has 0 fully saturated rings. The van der Waals surface area contributed by atoms with Gasteiger partial charge in [0.15, 0.2) is 0 Å². The Morgan fingerprint density at radius 3 is 1.41 bits per heavy atom. The lowest BCUT2D eigenvalue weighted by molar-refractivity contribution is 1.28. The molecule has 7 rings (SSSR count). The number of para-hydroxylation sites is 2. The molecule has 0 spiro atoms. The van der Waals surface area contributed by atoms with E-state index in [0.717, 1.165) is 17.1 Å². The zero-order chi connectivity index (χ0) is 26.0. The van der Waals surface area contributed by atoms with E-state index in [2.05, 4.69) is 169 Å². The number of anilines is 3. The van der Waals surface area contributed by atoms with Gasteiger partial charge in [-0.15, -0.1) is 0 Å². The van der Waals surface area contributed by atoms with Crippen molar-refractivity contribution in [1.82, 2.24) is 0 Å². The van der Waals surface area contributed by atoms with E-state index >= 15 is 0 Å². The van der Waals surface area contributed by atoms with Crippen LogP contribution in [0.5, 0.6) is 0 Å². The molecule has 7 aromatic carbocycles. The molecular formula is C38H27N. The van der Waals surface area contributed by atoms with E-state index in [9.17, 15) is 0 Å². The molecule has 0 aliphatic heterocycles. The van der Waals surface area contributed by atoms with Crippen LogP contribution in [0.15, 0.2) is 164 Å². The molecule has 39 heavy (non-hydrogen) atoms. The second-order valence-corrected chi connectivity index (χ2v) is 9.82. The molecule has 0 saturated carbocycles. The molecule has 0 aliphatic rings. The SMILES string of the molecule is c1ccc(N(c2ccccc2)c2ccc(-c3cccc4c(-c5ccc6ccccc6c5)cccc34)cc2)cc1. The van der Waals surface area contributed by atoms with Crippen LogP contribution >= 0.6 is 0 Å². The van der Waals surface area contributed by atoms with E-state index < -0.39 is 0 Å². The summed E-state index contributed by atoms with van der Waals surface area (Å²) in [6.07, 6.45) is 0. The van der Waals surface area contributed by atoms with Crippen LogP contribution in [0, 0.1) is 0 Å². The smallest absolute Gasteiger partial charge is 0.0462 e. The van der Waals surface area contributed by atoms with Crippen LogP contribution in [0.2, 0.25) is 0 Å². The van der Waals surface area contributed by atoms with Gasteiger partial charge in [-0.1, -0.05) is 121 Å². The predicted octanol–water partition coefficient (Wildman–Crippen LogP) is 10.8. The van der Waals surface area contributed by atoms with Gasteiger partial charge in [-0.2, -0.15) is 0 Å². The van der Waals surface area contributed by atoms with Gasteiger partial charge in [0, 0.05) is 17.1 Å². The van der Waals surface area contributed by atoms with Gasteiger partial charge in [0.05, 0.1) is 0 Å². The van der Waals surface area contributed by atoms with Crippen LogP contribution in [0.3, 0.4) is 0 Å². The van der Waals surface area contributed by atoms with Crippen molar-refractivity contribution in [2.75, 3.05) is 4.90 Å². The molecule has 0 atom stereocenters.